The van der Waals surface area contributed by atoms with Gasteiger partial charge >= 0.3 is 0 Å². The zero-order valence-electron chi connectivity index (χ0n) is 29.3. The summed E-state index contributed by atoms with van der Waals surface area (Å²) in [7, 11) is 0. The van der Waals surface area contributed by atoms with E-state index in [1.165, 1.54) is 99.1 Å². The molecule has 0 fully saturated rings. The van der Waals surface area contributed by atoms with Gasteiger partial charge in [-0.3, -0.25) is 0 Å². The van der Waals surface area contributed by atoms with Crippen molar-refractivity contribution in [2.24, 2.45) is 0 Å². The Labute approximate surface area is 285 Å². The minimum Gasteiger partial charge on any atom is -0.0648 e. The van der Waals surface area contributed by atoms with E-state index in [9.17, 15) is 0 Å². The van der Waals surface area contributed by atoms with Crippen molar-refractivity contribution in [1.29, 1.82) is 0 Å². The molecule has 1 atom stereocenters. The summed E-state index contributed by atoms with van der Waals surface area (Å²) >= 11 is 0. The lowest BCUT2D eigenvalue weighted by Gasteiger charge is -2.23. The third-order valence-corrected chi connectivity index (χ3v) is 11.4. The molecule has 1 aliphatic carbocycles. The van der Waals surface area contributed by atoms with Crippen LogP contribution in [0, 0.1) is 13.8 Å². The Kier molecular flexibility index (Phi) is 7.18. The smallest absolute Gasteiger partial charge is 0.0159 e. The Balaban J connectivity index is 1.18. The van der Waals surface area contributed by atoms with E-state index in [2.05, 4.69) is 170 Å². The van der Waals surface area contributed by atoms with Crippen LogP contribution in [0.25, 0.3) is 66.2 Å². The fourth-order valence-corrected chi connectivity index (χ4v) is 8.22. The lowest BCUT2D eigenvalue weighted by molar-refractivity contribution is 0.660. The number of aryl methyl sites for hydroxylation is 2. The second-order valence-electron chi connectivity index (χ2n) is 14.7. The molecule has 0 radical (unpaired) electrons. The highest BCUT2D eigenvalue weighted by atomic mass is 14.4. The largest absolute Gasteiger partial charge is 0.0648 e. The van der Waals surface area contributed by atoms with Gasteiger partial charge in [-0.2, -0.15) is 0 Å². The predicted octanol–water partition coefficient (Wildman–Crippen LogP) is 13.8. The van der Waals surface area contributed by atoms with Crippen molar-refractivity contribution in [3.05, 3.63) is 154 Å². The summed E-state index contributed by atoms with van der Waals surface area (Å²) in [6.07, 6.45) is 3.54. The number of hydrogen-bond donors (Lipinski definition) is 0. The molecule has 1 aliphatic rings. The number of benzene rings is 7. The molecule has 0 aromatic heterocycles. The summed E-state index contributed by atoms with van der Waals surface area (Å²) < 4.78 is 0. The van der Waals surface area contributed by atoms with Crippen molar-refractivity contribution in [3.63, 3.8) is 0 Å². The Morgan fingerprint density at radius 3 is 2.06 bits per heavy atom. The van der Waals surface area contributed by atoms with E-state index in [-0.39, 0.29) is 5.41 Å². The Hall–Kier alpha value is -4.94. The van der Waals surface area contributed by atoms with Crippen molar-refractivity contribution < 1.29 is 0 Å². The molecule has 0 aliphatic heterocycles. The first-order valence-electron chi connectivity index (χ1n) is 17.6. The molecule has 0 heterocycles. The number of hydrogen-bond acceptors (Lipinski definition) is 0. The van der Waals surface area contributed by atoms with Crippen LogP contribution in [0.1, 0.15) is 85.9 Å². The SMILES string of the molecule is CCC(C)c1cc2ccc3ccc(-c4ccc5c(c4)C(C)(C)c4cc(C(C)=Cc6c(C)ccc7ccccc67)ccc4-5)cc3c2cc1C. The number of allylic oxidation sites excluding steroid dienone is 1. The minimum atomic E-state index is -0.0979. The molecular weight excluding hydrogens is 577 g/mol. The van der Waals surface area contributed by atoms with Gasteiger partial charge in [0.2, 0.25) is 0 Å². The molecule has 0 saturated heterocycles. The van der Waals surface area contributed by atoms with Crippen LogP contribution in [0.5, 0.6) is 0 Å². The van der Waals surface area contributed by atoms with E-state index in [0.717, 1.165) is 6.42 Å². The van der Waals surface area contributed by atoms with Crippen molar-refractivity contribution >= 4 is 44.0 Å². The summed E-state index contributed by atoms with van der Waals surface area (Å²) in [6.45, 7) is 16.2. The molecule has 0 N–H and O–H groups in total. The van der Waals surface area contributed by atoms with Gasteiger partial charge in [0.05, 0.1) is 0 Å². The van der Waals surface area contributed by atoms with E-state index in [4.69, 9.17) is 0 Å². The first-order chi connectivity index (χ1) is 23.1. The lowest BCUT2D eigenvalue weighted by atomic mass is 9.80. The first kappa shape index (κ1) is 30.4. The quantitative estimate of drug-likeness (QED) is 0.133. The van der Waals surface area contributed by atoms with Gasteiger partial charge in [0, 0.05) is 5.41 Å². The zero-order valence-corrected chi connectivity index (χ0v) is 29.3. The van der Waals surface area contributed by atoms with Crippen molar-refractivity contribution in [2.75, 3.05) is 0 Å². The molecule has 1 unspecified atom stereocenters. The summed E-state index contributed by atoms with van der Waals surface area (Å²) in [5.74, 6) is 0.569. The Morgan fingerprint density at radius 1 is 0.625 bits per heavy atom. The molecule has 0 spiro atoms. The van der Waals surface area contributed by atoms with Crippen molar-refractivity contribution in [3.8, 4) is 22.3 Å². The van der Waals surface area contributed by atoms with Crippen LogP contribution in [0.15, 0.2) is 115 Å². The molecule has 0 nitrogen and oxygen atoms in total. The van der Waals surface area contributed by atoms with E-state index < -0.39 is 0 Å². The fraction of sp³-hybridized carbons (Fsp3) is 0.208. The zero-order chi connectivity index (χ0) is 33.3. The predicted molar refractivity (Wildman–Crippen MR) is 210 cm³/mol. The van der Waals surface area contributed by atoms with Crippen molar-refractivity contribution in [1.82, 2.24) is 0 Å². The molecule has 0 heteroatoms. The highest BCUT2D eigenvalue weighted by Crippen LogP contribution is 2.50. The first-order valence-corrected chi connectivity index (χ1v) is 17.6. The maximum absolute atomic E-state index is 2.45. The molecule has 0 bridgehead atoms. The van der Waals surface area contributed by atoms with Crippen LogP contribution >= 0.6 is 0 Å². The van der Waals surface area contributed by atoms with Gasteiger partial charge in [0.15, 0.2) is 0 Å². The van der Waals surface area contributed by atoms with E-state index in [1.807, 2.05) is 0 Å². The van der Waals surface area contributed by atoms with Crippen LogP contribution in [0.2, 0.25) is 0 Å². The maximum Gasteiger partial charge on any atom is 0.0159 e. The van der Waals surface area contributed by atoms with E-state index >= 15 is 0 Å². The molecule has 0 saturated carbocycles. The van der Waals surface area contributed by atoms with Gasteiger partial charge in [-0.05, 0) is 150 Å². The standard InChI is InChI=1S/C48H44/c1-8-29(2)42-26-38-18-16-34-15-17-36(25-45(34)44(38)24-32(42)5)37-20-22-41-40-21-19-35(27-46(40)48(6,7)47(41)28-37)31(4)23-43-30(3)13-14-33-11-9-10-12-39(33)43/h9-29H,8H2,1-7H3. The Morgan fingerprint density at radius 2 is 1.25 bits per heavy atom. The molecule has 48 heavy (non-hydrogen) atoms. The number of rotatable bonds is 5. The second kappa shape index (κ2) is 11.3. The van der Waals surface area contributed by atoms with Crippen LogP contribution in [0.4, 0.5) is 0 Å². The topological polar surface area (TPSA) is 0 Å². The van der Waals surface area contributed by atoms with Gasteiger partial charge in [-0.1, -0.05) is 131 Å². The molecule has 8 rings (SSSR count). The monoisotopic (exact) mass is 620 g/mol. The summed E-state index contributed by atoms with van der Waals surface area (Å²) in [5.41, 5.74) is 16.1. The number of fused-ring (bicyclic) bond motifs is 7. The third kappa shape index (κ3) is 4.81. The average Bonchev–Trinajstić information content (AvgIpc) is 3.33. The van der Waals surface area contributed by atoms with Gasteiger partial charge in [-0.15, -0.1) is 0 Å². The van der Waals surface area contributed by atoms with Crippen LogP contribution in [-0.4, -0.2) is 0 Å². The normalized spacial score (nSPS) is 14.4. The van der Waals surface area contributed by atoms with Crippen LogP contribution in [-0.2, 0) is 5.41 Å². The van der Waals surface area contributed by atoms with Crippen molar-refractivity contribution in [2.45, 2.75) is 66.2 Å². The third-order valence-electron chi connectivity index (χ3n) is 11.4. The van der Waals surface area contributed by atoms with Gasteiger partial charge in [-0.25, -0.2) is 0 Å². The maximum atomic E-state index is 2.45. The van der Waals surface area contributed by atoms with Crippen LogP contribution in [0.3, 0.4) is 0 Å². The van der Waals surface area contributed by atoms with E-state index in [0.29, 0.717) is 5.92 Å². The molecule has 0 amide bonds. The van der Waals surface area contributed by atoms with Gasteiger partial charge in [0.25, 0.3) is 0 Å². The Bertz CT molecular complexity index is 2450. The molecular formula is C48H44. The highest BCUT2D eigenvalue weighted by molar-refractivity contribution is 6.09. The van der Waals surface area contributed by atoms with Gasteiger partial charge in [0.1, 0.15) is 0 Å². The molecule has 236 valence electrons. The second-order valence-corrected chi connectivity index (χ2v) is 14.7. The van der Waals surface area contributed by atoms with E-state index in [1.54, 1.807) is 0 Å². The van der Waals surface area contributed by atoms with Crippen LogP contribution < -0.4 is 0 Å². The lowest BCUT2D eigenvalue weighted by Crippen LogP contribution is -2.15. The highest BCUT2D eigenvalue weighted by Gasteiger charge is 2.36. The average molecular weight is 621 g/mol. The van der Waals surface area contributed by atoms with Gasteiger partial charge < -0.3 is 0 Å². The summed E-state index contributed by atoms with van der Waals surface area (Å²) in [6, 6.07) is 43.9. The minimum absolute atomic E-state index is 0.0979. The summed E-state index contributed by atoms with van der Waals surface area (Å²) in [4.78, 5) is 0. The molecule has 7 aromatic carbocycles. The fourth-order valence-electron chi connectivity index (χ4n) is 8.22. The molecule has 7 aromatic rings. The summed E-state index contributed by atoms with van der Waals surface area (Å²) in [5, 5.41) is 7.91.